The highest BCUT2D eigenvalue weighted by Gasteiger charge is 2.59. The Labute approximate surface area is 463 Å². The van der Waals surface area contributed by atoms with Gasteiger partial charge in [-0.15, -0.1) is 0 Å². The highest BCUT2D eigenvalue weighted by Crippen LogP contribution is 2.37. The molecule has 31 atom stereocenters. The van der Waals surface area contributed by atoms with E-state index >= 15 is 0 Å². The molecule has 1 unspecified atom stereocenters. The fourth-order valence-corrected chi connectivity index (χ4v) is 10.2. The normalized spacial score (nSPS) is 46.3. The minimum Gasteiger partial charge on any atom is -0.477 e. The Hall–Kier alpha value is -3.28. The highest BCUT2D eigenvalue weighted by atomic mass is 16.8. The van der Waals surface area contributed by atoms with Crippen molar-refractivity contribution in [2.75, 3.05) is 39.6 Å². The van der Waals surface area contributed by atoms with Crippen LogP contribution in [0.2, 0.25) is 0 Å². The lowest BCUT2D eigenvalue weighted by molar-refractivity contribution is -0.373. The molecule has 6 aliphatic heterocycles. The third-order valence-corrected chi connectivity index (χ3v) is 14.6. The first-order chi connectivity index (χ1) is 38.5. The van der Waals surface area contributed by atoms with Crippen molar-refractivity contribution in [1.82, 2.24) is 16.0 Å². The summed E-state index contributed by atoms with van der Waals surface area (Å²) in [6.45, 7) is -2.94. The van der Waals surface area contributed by atoms with E-state index in [-0.39, 0.29) is 0 Å². The van der Waals surface area contributed by atoms with Gasteiger partial charge in [0.25, 0.3) is 5.79 Å². The fourth-order valence-electron chi connectivity index (χ4n) is 10.2. The molecule has 0 aromatic rings. The van der Waals surface area contributed by atoms with Crippen LogP contribution in [0.1, 0.15) is 27.2 Å². The third-order valence-electron chi connectivity index (χ3n) is 14.6. The summed E-state index contributed by atoms with van der Waals surface area (Å²) >= 11 is 0. The molecule has 6 heterocycles. The number of carbonyl (C=O) groups excluding carboxylic acids is 3. The maximum absolute atomic E-state index is 12.7. The lowest BCUT2D eigenvalue weighted by Gasteiger charge is -2.49. The zero-order valence-corrected chi connectivity index (χ0v) is 43.9. The van der Waals surface area contributed by atoms with E-state index in [2.05, 4.69) is 16.0 Å². The van der Waals surface area contributed by atoms with Gasteiger partial charge in [0.2, 0.25) is 17.7 Å². The smallest absolute Gasteiger partial charge is 0.364 e. The monoisotopic (exact) mass is 1200 g/mol. The van der Waals surface area contributed by atoms with Crippen LogP contribution in [0.3, 0.4) is 0 Å². The Morgan fingerprint density at radius 2 is 0.927 bits per heavy atom. The van der Waals surface area contributed by atoms with Gasteiger partial charge in [0.15, 0.2) is 31.5 Å². The van der Waals surface area contributed by atoms with Crippen molar-refractivity contribution in [1.29, 1.82) is 0 Å². The number of amides is 3. The van der Waals surface area contributed by atoms with Crippen LogP contribution >= 0.6 is 0 Å². The molecule has 3 amide bonds. The van der Waals surface area contributed by atoms with Gasteiger partial charge in [-0.2, -0.15) is 0 Å². The van der Waals surface area contributed by atoms with Gasteiger partial charge in [-0.05, 0) is 0 Å². The summed E-state index contributed by atoms with van der Waals surface area (Å²) in [6, 6.07) is -5.01. The Kier molecular flexibility index (Phi) is 23.9. The Morgan fingerprint density at radius 3 is 1.41 bits per heavy atom. The van der Waals surface area contributed by atoms with Crippen LogP contribution in [0.4, 0.5) is 0 Å². The first kappa shape index (κ1) is 67.8. The van der Waals surface area contributed by atoms with Crippen molar-refractivity contribution in [3.05, 3.63) is 0 Å². The summed E-state index contributed by atoms with van der Waals surface area (Å²) < 4.78 is 62.1. The molecule has 0 aromatic carbocycles. The van der Waals surface area contributed by atoms with Gasteiger partial charge >= 0.3 is 5.97 Å². The Balaban J connectivity index is 1.11. The number of ether oxygens (including phenoxy) is 11. The minimum absolute atomic E-state index is 0.785. The molecule has 22 N–H and O–H groups in total. The van der Waals surface area contributed by atoms with Crippen molar-refractivity contribution >= 4 is 23.7 Å². The second-order valence-electron chi connectivity index (χ2n) is 20.5. The van der Waals surface area contributed by atoms with Crippen LogP contribution in [0.5, 0.6) is 0 Å². The number of nitrogens with one attached hydrogen (secondary N) is 3. The lowest BCUT2D eigenvalue weighted by Crippen LogP contribution is -2.69. The topological polar surface area (TPSA) is 590 Å². The quantitative estimate of drug-likeness (QED) is 0.0479. The van der Waals surface area contributed by atoms with Gasteiger partial charge in [0.05, 0.1) is 51.8 Å². The van der Waals surface area contributed by atoms with Crippen molar-refractivity contribution in [2.45, 2.75) is 217 Å². The molecule has 0 aromatic heterocycles. The SMILES string of the molecule is CC(=O)N[C@H]1[C@H](OC[C@H]2OC(O)[C@@H](O[C@@H]3O[C@H](CO)[C@@H](O[C@@H]4O[C@H](CO)[C@H](O)[C@H](O)[C@H]4O)[C@H](O)[C@H]3NC(C)=O)[C@@H](O)[C@@H]2O)O[C@H](CO)[C@@H](O[C@@H]2O[C@H](CO[C@]3(C(=O)O)C[C@H](O)[C@@H](NC(C)=O)[C@H]([C@H](O)[C@H](O)CO)O3)[C@H](O)[C@H](O)[C@H]2O)[C@@H]1O. The summed E-state index contributed by atoms with van der Waals surface area (Å²) in [6.07, 6.45) is -53.5. The predicted octanol–water partition coefficient (Wildman–Crippen LogP) is -14.5. The molecule has 6 saturated heterocycles. The van der Waals surface area contributed by atoms with E-state index in [0.717, 1.165) is 20.8 Å². The van der Waals surface area contributed by atoms with Crippen molar-refractivity contribution in [2.24, 2.45) is 0 Å². The largest absolute Gasteiger partial charge is 0.477 e. The maximum Gasteiger partial charge on any atom is 0.364 e. The van der Waals surface area contributed by atoms with Crippen molar-refractivity contribution < 1.29 is 168 Å². The van der Waals surface area contributed by atoms with Crippen molar-refractivity contribution in [3.8, 4) is 0 Å². The van der Waals surface area contributed by atoms with Gasteiger partial charge in [-0.25, -0.2) is 4.79 Å². The molecule has 37 nitrogen and oxygen atoms in total. The average Bonchev–Trinajstić information content (AvgIpc) is 2.59. The van der Waals surface area contributed by atoms with Gasteiger partial charge in [0, 0.05) is 27.2 Å². The average molecular weight is 1200 g/mol. The van der Waals surface area contributed by atoms with E-state index in [4.69, 9.17) is 52.1 Å². The van der Waals surface area contributed by atoms with E-state index < -0.39 is 259 Å². The van der Waals surface area contributed by atoms with Gasteiger partial charge < -0.3 is 165 Å². The van der Waals surface area contributed by atoms with Crippen molar-refractivity contribution in [3.63, 3.8) is 0 Å². The number of carboxylic acid groups (broad SMARTS) is 1. The molecular formula is C45H75N3O34. The van der Waals surface area contributed by atoms with Gasteiger partial charge in [-0.1, -0.05) is 0 Å². The molecule has 0 aliphatic carbocycles. The number of aliphatic hydroxyl groups is 18. The maximum atomic E-state index is 12.7. The lowest BCUT2D eigenvalue weighted by atomic mass is 9.88. The third kappa shape index (κ3) is 14.9. The van der Waals surface area contributed by atoms with Crippen LogP contribution in [-0.2, 0) is 71.3 Å². The molecule has 0 bridgehead atoms. The second kappa shape index (κ2) is 28.9. The number of hydrogen-bond acceptors (Lipinski definition) is 33. The number of aliphatic carboxylic acids is 1. The molecule has 0 radical (unpaired) electrons. The van der Waals surface area contributed by atoms with Crippen LogP contribution in [-0.4, -0.2) is 350 Å². The van der Waals surface area contributed by atoms with Crippen LogP contribution in [0.25, 0.3) is 0 Å². The first-order valence-corrected chi connectivity index (χ1v) is 25.7. The summed E-state index contributed by atoms with van der Waals surface area (Å²) in [5.41, 5.74) is 0. The van der Waals surface area contributed by atoms with Crippen LogP contribution < -0.4 is 16.0 Å². The zero-order chi connectivity index (χ0) is 61.0. The minimum atomic E-state index is -2.97. The Morgan fingerprint density at radius 1 is 0.500 bits per heavy atom. The van der Waals surface area contributed by atoms with Crippen LogP contribution in [0, 0.1) is 0 Å². The molecule has 6 rings (SSSR count). The molecule has 82 heavy (non-hydrogen) atoms. The van der Waals surface area contributed by atoms with Gasteiger partial charge in [0.1, 0.15) is 140 Å². The number of carbonyl (C=O) groups is 4. The number of carboxylic acids is 1. The molecule has 37 heteroatoms. The van der Waals surface area contributed by atoms with E-state index in [0.29, 0.717) is 0 Å². The molecular weight excluding hydrogens is 1130 g/mol. The highest BCUT2D eigenvalue weighted by molar-refractivity contribution is 5.77. The molecule has 0 spiro atoms. The molecule has 0 saturated carbocycles. The summed E-state index contributed by atoms with van der Waals surface area (Å²) in [7, 11) is 0. The second-order valence-corrected chi connectivity index (χ2v) is 20.5. The van der Waals surface area contributed by atoms with E-state index in [1.165, 1.54) is 0 Å². The number of hydrogen-bond donors (Lipinski definition) is 22. The standard InChI is InChI=1S/C45H75N3O34/c1-11(53)46-21-14(56)4-45(44(70)71,82-37(21)24(58)15(57)5-49)73-10-20-26(60)31(65)34(68)43(78-20)80-35-17(7-51)76-40(22(28(35)62)47-12(2)54)72-9-19-27(61)32(66)38(39(69)74-19)81-41-23(48-13(3)55)29(63)36(18(8-52)77-41)79-42-33(67)30(64)25(59)16(6-50)75-42/h14-43,49-52,56-69H,4-10H2,1-3H3,(H,46,53)(H,47,54)(H,48,55)(H,70,71)/t14-,15+,16+,17+,18+,19+,20+,21+,22+,23+,24+,25-,26-,27+,28+,29+,30-,31-,32-,33+,34+,35+,36+,37+,38-,39?,40+,41-,42-,43-,45+/m0/s1. The fraction of sp³-hybridized carbons (Fsp3) is 0.911. The summed E-state index contributed by atoms with van der Waals surface area (Å²) in [5.74, 6) is -7.38. The summed E-state index contributed by atoms with van der Waals surface area (Å²) in [5, 5.41) is 210. The molecule has 6 aliphatic rings. The summed E-state index contributed by atoms with van der Waals surface area (Å²) in [4.78, 5) is 49.5. The van der Waals surface area contributed by atoms with E-state index in [1.54, 1.807) is 0 Å². The number of rotatable bonds is 22. The molecule has 6 fully saturated rings. The molecule has 474 valence electrons. The predicted molar refractivity (Wildman–Crippen MR) is 251 cm³/mol. The first-order valence-electron chi connectivity index (χ1n) is 25.7. The Bertz CT molecular complexity index is 2090. The van der Waals surface area contributed by atoms with Gasteiger partial charge in [-0.3, -0.25) is 14.4 Å². The van der Waals surface area contributed by atoms with E-state index in [9.17, 15) is 116 Å². The zero-order valence-electron chi connectivity index (χ0n) is 43.9. The van der Waals surface area contributed by atoms with Crippen LogP contribution in [0.15, 0.2) is 0 Å². The van der Waals surface area contributed by atoms with E-state index in [1.807, 2.05) is 0 Å². The number of aliphatic hydroxyl groups excluding tert-OH is 18.